The predicted molar refractivity (Wildman–Crippen MR) is 77.3 cm³/mol. The maximum atomic E-state index is 13.7. The third-order valence-corrected chi connectivity index (χ3v) is 3.72. The summed E-state index contributed by atoms with van der Waals surface area (Å²) < 4.78 is 18.2. The van der Waals surface area contributed by atoms with Crippen LogP contribution in [0.4, 0.5) is 10.1 Å². The zero-order valence-electron chi connectivity index (χ0n) is 11.7. The van der Waals surface area contributed by atoms with Gasteiger partial charge >= 0.3 is 5.97 Å². The van der Waals surface area contributed by atoms with E-state index in [0.717, 1.165) is 5.01 Å². The molecule has 7 heteroatoms. The van der Waals surface area contributed by atoms with E-state index in [1.165, 1.54) is 36.8 Å². The van der Waals surface area contributed by atoms with E-state index < -0.39 is 11.8 Å². The van der Waals surface area contributed by atoms with E-state index in [1.54, 1.807) is 13.8 Å². The summed E-state index contributed by atoms with van der Waals surface area (Å²) in [5.41, 5.74) is 0.640. The van der Waals surface area contributed by atoms with Crippen molar-refractivity contribution in [2.45, 2.75) is 13.8 Å². The van der Waals surface area contributed by atoms with Crippen molar-refractivity contribution in [3.05, 3.63) is 45.2 Å². The monoisotopic (exact) mass is 308 g/mol. The van der Waals surface area contributed by atoms with Crippen LogP contribution < -0.4 is 5.32 Å². The van der Waals surface area contributed by atoms with Gasteiger partial charge in [-0.25, -0.2) is 14.2 Å². The van der Waals surface area contributed by atoms with Crippen molar-refractivity contribution in [1.29, 1.82) is 0 Å². The maximum Gasteiger partial charge on any atom is 0.340 e. The molecular weight excluding hydrogens is 295 g/mol. The van der Waals surface area contributed by atoms with E-state index in [0.29, 0.717) is 16.1 Å². The molecule has 1 heterocycles. The molecule has 0 spiro atoms. The number of aromatic nitrogens is 1. The average molecular weight is 308 g/mol. The SMILES string of the molecule is COC(=O)c1cc(NC(=O)c2cnc(C)s2)c(C)cc1F. The van der Waals surface area contributed by atoms with Crippen molar-refractivity contribution in [2.24, 2.45) is 0 Å². The number of aryl methyl sites for hydroxylation is 2. The number of amides is 1. The molecule has 21 heavy (non-hydrogen) atoms. The number of nitrogens with one attached hydrogen (secondary N) is 1. The molecule has 0 fully saturated rings. The minimum atomic E-state index is -0.795. The molecule has 5 nitrogen and oxygen atoms in total. The Balaban J connectivity index is 2.31. The van der Waals surface area contributed by atoms with E-state index in [9.17, 15) is 14.0 Å². The number of hydrogen-bond donors (Lipinski definition) is 1. The van der Waals surface area contributed by atoms with Crippen LogP contribution in [0.25, 0.3) is 0 Å². The molecule has 1 aromatic heterocycles. The van der Waals surface area contributed by atoms with E-state index in [1.807, 2.05) is 0 Å². The highest BCUT2D eigenvalue weighted by molar-refractivity contribution is 7.13. The fourth-order valence-electron chi connectivity index (χ4n) is 1.72. The first-order chi connectivity index (χ1) is 9.92. The van der Waals surface area contributed by atoms with Crippen LogP contribution in [0.3, 0.4) is 0 Å². The first-order valence-corrected chi connectivity index (χ1v) is 6.86. The lowest BCUT2D eigenvalue weighted by atomic mass is 10.1. The van der Waals surface area contributed by atoms with Gasteiger partial charge in [-0.3, -0.25) is 4.79 Å². The minimum Gasteiger partial charge on any atom is -0.465 e. The van der Waals surface area contributed by atoms with Gasteiger partial charge in [0.25, 0.3) is 5.91 Å². The van der Waals surface area contributed by atoms with Gasteiger partial charge in [0.05, 0.1) is 23.9 Å². The Morgan fingerprint density at radius 2 is 2.05 bits per heavy atom. The number of halogens is 1. The zero-order valence-corrected chi connectivity index (χ0v) is 12.5. The maximum absolute atomic E-state index is 13.7. The number of benzene rings is 1. The Labute approximate surface area is 124 Å². The lowest BCUT2D eigenvalue weighted by Crippen LogP contribution is -2.13. The van der Waals surface area contributed by atoms with Crippen molar-refractivity contribution in [1.82, 2.24) is 4.98 Å². The minimum absolute atomic E-state index is 0.223. The molecule has 110 valence electrons. The Kier molecular flexibility index (Phi) is 4.32. The topological polar surface area (TPSA) is 68.3 Å². The third kappa shape index (κ3) is 3.25. The van der Waals surface area contributed by atoms with E-state index >= 15 is 0 Å². The first-order valence-electron chi connectivity index (χ1n) is 6.04. The average Bonchev–Trinajstić information content (AvgIpc) is 2.87. The number of carbonyl (C=O) groups excluding carboxylic acids is 2. The Morgan fingerprint density at radius 3 is 2.62 bits per heavy atom. The number of hydrogen-bond acceptors (Lipinski definition) is 5. The van der Waals surface area contributed by atoms with Gasteiger partial charge < -0.3 is 10.1 Å². The Bertz CT molecular complexity index is 712. The van der Waals surface area contributed by atoms with Gasteiger partial charge in [0.1, 0.15) is 10.7 Å². The van der Waals surface area contributed by atoms with E-state index in [4.69, 9.17) is 0 Å². The summed E-state index contributed by atoms with van der Waals surface area (Å²) in [4.78, 5) is 28.0. The highest BCUT2D eigenvalue weighted by atomic mass is 32.1. The number of methoxy groups -OCH3 is 1. The fraction of sp³-hybridized carbons (Fsp3) is 0.214. The van der Waals surface area contributed by atoms with Crippen molar-refractivity contribution < 1.29 is 18.7 Å². The molecule has 1 amide bonds. The van der Waals surface area contributed by atoms with Crippen molar-refractivity contribution in [3.8, 4) is 0 Å². The van der Waals surface area contributed by atoms with Gasteiger partial charge in [-0.1, -0.05) is 0 Å². The number of anilines is 1. The molecule has 2 aromatic rings. The summed E-state index contributed by atoms with van der Waals surface area (Å²) in [6, 6.07) is 2.45. The predicted octanol–water partition coefficient (Wildman–Crippen LogP) is 2.94. The van der Waals surface area contributed by atoms with Crippen LogP contribution in [-0.4, -0.2) is 24.0 Å². The fourth-order valence-corrected chi connectivity index (χ4v) is 2.40. The molecule has 0 atom stereocenters. The molecule has 1 N–H and O–H groups in total. The van der Waals surface area contributed by atoms with Gasteiger partial charge in [0, 0.05) is 5.69 Å². The van der Waals surface area contributed by atoms with E-state index in [-0.39, 0.29) is 11.5 Å². The van der Waals surface area contributed by atoms with Crippen LogP contribution in [0.1, 0.15) is 30.6 Å². The number of carbonyl (C=O) groups is 2. The van der Waals surface area contributed by atoms with Gasteiger partial charge in [-0.05, 0) is 31.5 Å². The summed E-state index contributed by atoms with van der Waals surface area (Å²) in [6.07, 6.45) is 1.47. The molecule has 0 aliphatic rings. The standard InChI is InChI=1S/C14H13FN2O3S/c1-7-4-10(15)9(14(19)20-3)5-11(7)17-13(18)12-6-16-8(2)21-12/h4-6H,1-3H3,(H,17,18). The highest BCUT2D eigenvalue weighted by Gasteiger charge is 2.17. The van der Waals surface area contributed by atoms with Crippen LogP contribution >= 0.6 is 11.3 Å². The zero-order chi connectivity index (χ0) is 15.6. The van der Waals surface area contributed by atoms with E-state index in [2.05, 4.69) is 15.0 Å². The molecule has 1 aromatic carbocycles. The Morgan fingerprint density at radius 1 is 1.33 bits per heavy atom. The summed E-state index contributed by atoms with van der Waals surface area (Å²) >= 11 is 1.25. The molecule has 0 unspecified atom stereocenters. The number of ether oxygens (including phenoxy) is 1. The molecule has 0 bridgehead atoms. The van der Waals surface area contributed by atoms with Crippen LogP contribution in [0, 0.1) is 19.7 Å². The molecule has 0 aliphatic heterocycles. The van der Waals surface area contributed by atoms with Crippen LogP contribution in [0.2, 0.25) is 0 Å². The van der Waals surface area contributed by atoms with Crippen LogP contribution in [0.15, 0.2) is 18.3 Å². The smallest absolute Gasteiger partial charge is 0.340 e. The first kappa shape index (κ1) is 15.1. The molecule has 0 saturated carbocycles. The normalized spacial score (nSPS) is 10.3. The van der Waals surface area contributed by atoms with Gasteiger partial charge in [0.2, 0.25) is 0 Å². The summed E-state index contributed by atoms with van der Waals surface area (Å²) in [6.45, 7) is 3.43. The van der Waals surface area contributed by atoms with Gasteiger partial charge in [-0.2, -0.15) is 0 Å². The van der Waals surface area contributed by atoms with Gasteiger partial charge in [0.15, 0.2) is 0 Å². The third-order valence-electron chi connectivity index (χ3n) is 2.81. The van der Waals surface area contributed by atoms with Crippen molar-refractivity contribution >= 4 is 28.9 Å². The number of thiazole rings is 1. The number of nitrogens with zero attached hydrogens (tertiary/aromatic N) is 1. The second-order valence-electron chi connectivity index (χ2n) is 4.34. The van der Waals surface area contributed by atoms with Crippen LogP contribution in [-0.2, 0) is 4.74 Å². The number of esters is 1. The summed E-state index contributed by atoms with van der Waals surface area (Å²) in [5.74, 6) is -1.84. The largest absolute Gasteiger partial charge is 0.465 e. The van der Waals surface area contributed by atoms with Crippen molar-refractivity contribution in [2.75, 3.05) is 12.4 Å². The molecule has 0 radical (unpaired) electrons. The molecular formula is C14H13FN2O3S. The number of rotatable bonds is 3. The summed E-state index contributed by atoms with van der Waals surface area (Å²) in [5, 5.41) is 3.41. The Hall–Kier alpha value is -2.28. The lowest BCUT2D eigenvalue weighted by Gasteiger charge is -2.10. The molecule has 0 aliphatic carbocycles. The van der Waals surface area contributed by atoms with Crippen LogP contribution in [0.5, 0.6) is 0 Å². The van der Waals surface area contributed by atoms with Crippen molar-refractivity contribution in [3.63, 3.8) is 0 Å². The lowest BCUT2D eigenvalue weighted by molar-refractivity contribution is 0.0595. The van der Waals surface area contributed by atoms with Gasteiger partial charge in [-0.15, -0.1) is 11.3 Å². The summed E-state index contributed by atoms with van der Waals surface area (Å²) in [7, 11) is 1.17. The quantitative estimate of drug-likeness (QED) is 0.885. The molecule has 0 saturated heterocycles. The highest BCUT2D eigenvalue weighted by Crippen LogP contribution is 2.22. The second kappa shape index (κ2) is 6.01. The second-order valence-corrected chi connectivity index (χ2v) is 5.57. The molecule has 2 rings (SSSR count).